The molecule has 1 aromatic carbocycles. The minimum Gasteiger partial charge on any atom is -0.497 e. The van der Waals surface area contributed by atoms with Gasteiger partial charge in [0.2, 0.25) is 15.2 Å². The number of nitrogens with one attached hydrogen (secondary N) is 2. The number of rotatable bonds is 9. The Morgan fingerprint density at radius 3 is 2.85 bits per heavy atom. The number of anilines is 1. The molecule has 0 bridgehead atoms. The lowest BCUT2D eigenvalue weighted by Crippen LogP contribution is -2.37. The molecule has 1 atom stereocenters. The molecule has 0 spiro atoms. The summed E-state index contributed by atoms with van der Waals surface area (Å²) in [4.78, 5) is 4.46. The molecule has 0 aliphatic carbocycles. The van der Waals surface area contributed by atoms with Crippen LogP contribution in [0.3, 0.4) is 0 Å². The molecule has 1 unspecified atom stereocenters. The summed E-state index contributed by atoms with van der Waals surface area (Å²) in [5, 5.41) is 5.54. The predicted octanol–water partition coefficient (Wildman–Crippen LogP) is 2.98. The fraction of sp³-hybridized carbons (Fsp3) is 0.294. The summed E-state index contributed by atoms with van der Waals surface area (Å²) in [6.45, 7) is 2.22. The lowest BCUT2D eigenvalue weighted by molar-refractivity contribution is 0.414. The van der Waals surface area contributed by atoms with Gasteiger partial charge in [-0.3, -0.25) is 0 Å². The van der Waals surface area contributed by atoms with Gasteiger partial charge in [-0.2, -0.15) is 4.37 Å². The van der Waals surface area contributed by atoms with Crippen LogP contribution in [0.1, 0.15) is 18.3 Å². The van der Waals surface area contributed by atoms with Gasteiger partial charge in [0.15, 0.2) is 0 Å². The van der Waals surface area contributed by atoms with Gasteiger partial charge in [-0.05, 0) is 36.1 Å². The van der Waals surface area contributed by atoms with Crippen molar-refractivity contribution in [2.24, 2.45) is 0 Å². The van der Waals surface area contributed by atoms with Crippen molar-refractivity contribution in [1.82, 2.24) is 14.1 Å². The Kier molecular flexibility index (Phi) is 6.42. The second-order valence-electron chi connectivity index (χ2n) is 5.88. The fourth-order valence-corrected chi connectivity index (χ4v) is 5.23. The summed E-state index contributed by atoms with van der Waals surface area (Å²) < 4.78 is 37.0. The van der Waals surface area contributed by atoms with Crippen LogP contribution in [-0.2, 0) is 16.4 Å². The van der Waals surface area contributed by atoms with E-state index in [-0.39, 0.29) is 6.04 Å². The van der Waals surface area contributed by atoms with Gasteiger partial charge in [0.25, 0.3) is 0 Å². The highest BCUT2D eigenvalue weighted by Gasteiger charge is 2.18. The van der Waals surface area contributed by atoms with Crippen molar-refractivity contribution in [3.8, 4) is 5.75 Å². The quantitative estimate of drug-likeness (QED) is 0.549. The first kappa shape index (κ1) is 19.7. The summed E-state index contributed by atoms with van der Waals surface area (Å²) in [5.74, 6) is 1.51. The molecule has 0 fully saturated rings. The number of thiophene rings is 1. The molecule has 0 saturated carbocycles. The molecule has 2 N–H and O–H groups in total. The third-order valence-corrected chi connectivity index (χ3v) is 7.34. The number of aromatic nitrogens is 2. The molecular weight excluding hydrogens is 404 g/mol. The third kappa shape index (κ3) is 5.48. The molecule has 0 saturated heterocycles. The van der Waals surface area contributed by atoms with Gasteiger partial charge in [-0.25, -0.2) is 18.1 Å². The molecule has 3 aromatic rings. The SMILES string of the molecule is COc1cccc(Cc2nsc(NCC(C)NS(=O)(=O)c3cccs3)n2)c1. The van der Waals surface area contributed by atoms with Crippen molar-refractivity contribution in [1.29, 1.82) is 0 Å². The van der Waals surface area contributed by atoms with E-state index in [1.54, 1.807) is 31.5 Å². The van der Waals surface area contributed by atoms with Gasteiger partial charge >= 0.3 is 0 Å². The first-order valence-electron chi connectivity index (χ1n) is 8.21. The molecule has 7 nitrogen and oxygen atoms in total. The number of nitrogens with zero attached hydrogens (tertiary/aromatic N) is 2. The van der Waals surface area contributed by atoms with Gasteiger partial charge < -0.3 is 10.1 Å². The molecule has 27 heavy (non-hydrogen) atoms. The van der Waals surface area contributed by atoms with E-state index in [0.717, 1.165) is 11.3 Å². The molecule has 3 rings (SSSR count). The van der Waals surface area contributed by atoms with Crippen LogP contribution in [0.4, 0.5) is 5.13 Å². The van der Waals surface area contributed by atoms with E-state index in [0.29, 0.717) is 28.1 Å². The van der Waals surface area contributed by atoms with Crippen LogP contribution in [0.25, 0.3) is 0 Å². The van der Waals surface area contributed by atoms with E-state index in [4.69, 9.17) is 4.74 Å². The highest BCUT2D eigenvalue weighted by Crippen LogP contribution is 2.18. The summed E-state index contributed by atoms with van der Waals surface area (Å²) in [5.41, 5.74) is 1.07. The van der Waals surface area contributed by atoms with E-state index in [1.165, 1.54) is 22.9 Å². The van der Waals surface area contributed by atoms with Gasteiger partial charge in [-0.1, -0.05) is 18.2 Å². The average Bonchev–Trinajstić information content (AvgIpc) is 3.32. The lowest BCUT2D eigenvalue weighted by Gasteiger charge is -2.13. The standard InChI is InChI=1S/C17H20N4O3S3/c1-12(21-27(22,23)16-7-4-8-25-16)11-18-17-19-15(20-26-17)10-13-5-3-6-14(9-13)24-2/h3-9,12,21H,10-11H2,1-2H3,(H,18,19,20). The summed E-state index contributed by atoms with van der Waals surface area (Å²) in [7, 11) is -1.84. The topological polar surface area (TPSA) is 93.2 Å². The first-order valence-corrected chi connectivity index (χ1v) is 11.3. The second kappa shape index (κ2) is 8.79. The minimum atomic E-state index is -3.48. The van der Waals surface area contributed by atoms with Crippen LogP contribution in [-0.4, -0.2) is 37.5 Å². The van der Waals surface area contributed by atoms with Crippen LogP contribution in [0.2, 0.25) is 0 Å². The average molecular weight is 425 g/mol. The summed E-state index contributed by atoms with van der Waals surface area (Å²) >= 11 is 2.45. The van der Waals surface area contributed by atoms with Crippen LogP contribution < -0.4 is 14.8 Å². The number of sulfonamides is 1. The number of ether oxygens (including phenoxy) is 1. The number of benzene rings is 1. The Balaban J connectivity index is 1.53. The van der Waals surface area contributed by atoms with Gasteiger partial charge in [-0.15, -0.1) is 11.3 Å². The molecule has 0 amide bonds. The first-order chi connectivity index (χ1) is 13.0. The molecule has 10 heteroatoms. The smallest absolute Gasteiger partial charge is 0.250 e. The maximum Gasteiger partial charge on any atom is 0.250 e. The van der Waals surface area contributed by atoms with E-state index >= 15 is 0 Å². The Labute approximate surface area is 166 Å². The largest absolute Gasteiger partial charge is 0.497 e. The van der Waals surface area contributed by atoms with Crippen LogP contribution in [0.5, 0.6) is 5.75 Å². The lowest BCUT2D eigenvalue weighted by atomic mass is 10.1. The summed E-state index contributed by atoms with van der Waals surface area (Å²) in [6, 6.07) is 10.8. The Bertz CT molecular complexity index is 971. The van der Waals surface area contributed by atoms with Gasteiger partial charge in [0.05, 0.1) is 7.11 Å². The van der Waals surface area contributed by atoms with Gasteiger partial charge in [0.1, 0.15) is 15.8 Å². The third-order valence-electron chi connectivity index (χ3n) is 3.64. The molecular formula is C17H20N4O3S3. The summed E-state index contributed by atoms with van der Waals surface area (Å²) in [6.07, 6.45) is 0.607. The van der Waals surface area contributed by atoms with E-state index in [2.05, 4.69) is 19.4 Å². The van der Waals surface area contributed by atoms with Crippen molar-refractivity contribution in [2.75, 3.05) is 19.0 Å². The van der Waals surface area contributed by atoms with Crippen molar-refractivity contribution in [3.05, 3.63) is 53.2 Å². The molecule has 2 heterocycles. The Morgan fingerprint density at radius 1 is 1.26 bits per heavy atom. The van der Waals surface area contributed by atoms with Crippen molar-refractivity contribution in [2.45, 2.75) is 23.6 Å². The zero-order chi connectivity index (χ0) is 19.3. The Hall–Kier alpha value is -2.01. The molecule has 2 aromatic heterocycles. The molecule has 144 valence electrons. The zero-order valence-corrected chi connectivity index (χ0v) is 17.3. The Morgan fingerprint density at radius 2 is 2.11 bits per heavy atom. The maximum atomic E-state index is 12.2. The monoisotopic (exact) mass is 424 g/mol. The molecule has 0 radical (unpaired) electrons. The minimum absolute atomic E-state index is 0.289. The molecule has 0 aliphatic rings. The number of methoxy groups -OCH3 is 1. The highest BCUT2D eigenvalue weighted by atomic mass is 32.2. The highest BCUT2D eigenvalue weighted by molar-refractivity contribution is 7.91. The zero-order valence-electron chi connectivity index (χ0n) is 14.9. The van der Waals surface area contributed by atoms with Gasteiger partial charge in [0, 0.05) is 30.5 Å². The van der Waals surface area contributed by atoms with Crippen LogP contribution >= 0.6 is 22.9 Å². The van der Waals surface area contributed by atoms with Crippen molar-refractivity contribution in [3.63, 3.8) is 0 Å². The fourth-order valence-electron chi connectivity index (χ4n) is 2.38. The number of hydrogen-bond donors (Lipinski definition) is 2. The molecule has 0 aliphatic heterocycles. The van der Waals surface area contributed by atoms with E-state index in [9.17, 15) is 8.42 Å². The second-order valence-corrected chi connectivity index (χ2v) is 9.52. The van der Waals surface area contributed by atoms with Crippen molar-refractivity contribution >= 4 is 38.0 Å². The van der Waals surface area contributed by atoms with Crippen LogP contribution in [0, 0.1) is 0 Å². The van der Waals surface area contributed by atoms with E-state index < -0.39 is 10.0 Å². The van der Waals surface area contributed by atoms with Crippen molar-refractivity contribution < 1.29 is 13.2 Å². The normalized spacial score (nSPS) is 12.7. The van der Waals surface area contributed by atoms with Crippen LogP contribution in [0.15, 0.2) is 46.0 Å². The number of hydrogen-bond acceptors (Lipinski definition) is 8. The predicted molar refractivity (Wildman–Crippen MR) is 108 cm³/mol. The van der Waals surface area contributed by atoms with E-state index in [1.807, 2.05) is 24.3 Å². The maximum absolute atomic E-state index is 12.2.